The Morgan fingerprint density at radius 3 is 2.17 bits per heavy atom. The molecule has 0 saturated heterocycles. The van der Waals surface area contributed by atoms with Gasteiger partial charge in [0.15, 0.2) is 0 Å². The molecule has 0 saturated carbocycles. The third-order valence-electron chi connectivity index (χ3n) is 3.38. The quantitative estimate of drug-likeness (QED) is 0.902. The van der Waals surface area contributed by atoms with E-state index in [1.54, 1.807) is 31.2 Å². The van der Waals surface area contributed by atoms with Gasteiger partial charge in [-0.15, -0.1) is 0 Å². The molecule has 2 N–H and O–H groups in total. The Kier molecular flexibility index (Phi) is 5.47. The van der Waals surface area contributed by atoms with E-state index >= 15 is 0 Å². The minimum absolute atomic E-state index is 0.422. The van der Waals surface area contributed by atoms with Crippen LogP contribution in [0.3, 0.4) is 0 Å². The minimum Gasteiger partial charge on any atom is -0.497 e. The summed E-state index contributed by atoms with van der Waals surface area (Å²) in [5.41, 5.74) is -0.0276. The number of methoxy groups -OCH3 is 1. The lowest BCUT2D eigenvalue weighted by Gasteiger charge is -2.15. The largest absolute Gasteiger partial charge is 0.497 e. The second kappa shape index (κ2) is 7.54. The number of imide groups is 1. The number of hydrogen-bond acceptors (Lipinski definition) is 3. The molecule has 3 amide bonds. The molecule has 24 heavy (non-hydrogen) atoms. The number of halogens is 2. The molecule has 2 rings (SSSR count). The molecule has 0 aromatic heterocycles. The molecule has 0 aliphatic heterocycles. The second-order valence-electron chi connectivity index (χ2n) is 5.02. The van der Waals surface area contributed by atoms with Crippen LogP contribution in [0.2, 0.25) is 0 Å². The number of ether oxygens (including phenoxy) is 1. The second-order valence-corrected chi connectivity index (χ2v) is 5.02. The Morgan fingerprint density at radius 2 is 1.62 bits per heavy atom. The van der Waals surface area contributed by atoms with E-state index in [-0.39, 0.29) is 0 Å². The van der Waals surface area contributed by atoms with E-state index in [1.165, 1.54) is 7.11 Å². The van der Waals surface area contributed by atoms with Crippen molar-refractivity contribution in [3.05, 3.63) is 65.2 Å². The molecule has 0 aliphatic rings. The van der Waals surface area contributed by atoms with E-state index < -0.39 is 35.2 Å². The summed E-state index contributed by atoms with van der Waals surface area (Å²) in [6.45, 7) is 1.70. The molecule has 0 aliphatic carbocycles. The van der Waals surface area contributed by atoms with Gasteiger partial charge in [0.2, 0.25) is 0 Å². The van der Waals surface area contributed by atoms with Gasteiger partial charge in [0, 0.05) is 0 Å². The smallest absolute Gasteiger partial charge is 0.322 e. The highest BCUT2D eigenvalue weighted by molar-refractivity contribution is 6.04. The zero-order valence-electron chi connectivity index (χ0n) is 13.1. The number of carbonyl (C=O) groups is 2. The lowest BCUT2D eigenvalue weighted by atomic mass is 10.1. The Morgan fingerprint density at radius 1 is 1.04 bits per heavy atom. The monoisotopic (exact) mass is 334 g/mol. The van der Waals surface area contributed by atoms with Crippen LogP contribution in [0.15, 0.2) is 42.5 Å². The van der Waals surface area contributed by atoms with Crippen LogP contribution in [0.4, 0.5) is 13.6 Å². The molecule has 0 fully saturated rings. The summed E-state index contributed by atoms with van der Waals surface area (Å²) < 4.78 is 32.1. The molecule has 5 nitrogen and oxygen atoms in total. The first kappa shape index (κ1) is 17.4. The maximum absolute atomic E-state index is 13.5. The third kappa shape index (κ3) is 4.07. The lowest BCUT2D eigenvalue weighted by molar-refractivity contribution is 0.0955. The molecule has 0 spiro atoms. The van der Waals surface area contributed by atoms with E-state index in [4.69, 9.17) is 4.74 Å². The van der Waals surface area contributed by atoms with Crippen LogP contribution >= 0.6 is 0 Å². The van der Waals surface area contributed by atoms with E-state index in [1.807, 2.05) is 5.32 Å². The third-order valence-corrected chi connectivity index (χ3v) is 3.38. The summed E-state index contributed by atoms with van der Waals surface area (Å²) in [6, 6.07) is 8.69. The maximum atomic E-state index is 13.5. The SMILES string of the molecule is COc1ccc(C(C)NC(=O)NC(=O)c2c(F)cccc2F)cc1. The van der Waals surface area contributed by atoms with Crippen LogP contribution in [-0.2, 0) is 0 Å². The Labute approximate surface area is 137 Å². The van der Waals surface area contributed by atoms with Gasteiger partial charge in [-0.05, 0) is 36.8 Å². The molecule has 0 radical (unpaired) electrons. The first-order valence-electron chi connectivity index (χ1n) is 7.12. The Hall–Kier alpha value is -2.96. The van der Waals surface area contributed by atoms with E-state index in [9.17, 15) is 18.4 Å². The molecule has 126 valence electrons. The maximum Gasteiger partial charge on any atom is 0.322 e. The predicted octanol–water partition coefficient (Wildman–Crippen LogP) is 3.17. The number of nitrogens with one attached hydrogen (secondary N) is 2. The summed E-state index contributed by atoms with van der Waals surface area (Å²) in [5, 5.41) is 4.42. The van der Waals surface area contributed by atoms with Crippen LogP contribution in [0.5, 0.6) is 5.75 Å². The first-order valence-corrected chi connectivity index (χ1v) is 7.12. The Balaban J connectivity index is 2.00. The highest BCUT2D eigenvalue weighted by Gasteiger charge is 2.20. The molecule has 2 aromatic carbocycles. The number of rotatable bonds is 4. The van der Waals surface area contributed by atoms with Gasteiger partial charge in [-0.2, -0.15) is 0 Å². The molecule has 1 unspecified atom stereocenters. The van der Waals surface area contributed by atoms with Gasteiger partial charge in [-0.3, -0.25) is 10.1 Å². The topological polar surface area (TPSA) is 67.4 Å². The fraction of sp³-hybridized carbons (Fsp3) is 0.176. The number of carbonyl (C=O) groups excluding carboxylic acids is 2. The summed E-state index contributed by atoms with van der Waals surface area (Å²) in [4.78, 5) is 23.7. The van der Waals surface area contributed by atoms with Gasteiger partial charge >= 0.3 is 6.03 Å². The minimum atomic E-state index is -1.15. The molecule has 1 atom stereocenters. The normalized spacial score (nSPS) is 11.5. The van der Waals surface area contributed by atoms with Crippen molar-refractivity contribution in [3.8, 4) is 5.75 Å². The van der Waals surface area contributed by atoms with Gasteiger partial charge in [-0.1, -0.05) is 18.2 Å². The highest BCUT2D eigenvalue weighted by Crippen LogP contribution is 2.17. The number of urea groups is 1. The molecule has 0 heterocycles. The van der Waals surface area contributed by atoms with Crippen molar-refractivity contribution in [1.29, 1.82) is 0 Å². The van der Waals surface area contributed by atoms with Gasteiger partial charge in [0.05, 0.1) is 13.2 Å². The van der Waals surface area contributed by atoms with Crippen molar-refractivity contribution in [3.63, 3.8) is 0 Å². The highest BCUT2D eigenvalue weighted by atomic mass is 19.1. The molecular weight excluding hydrogens is 318 g/mol. The van der Waals surface area contributed by atoms with Gasteiger partial charge in [0.1, 0.15) is 22.9 Å². The van der Waals surface area contributed by atoms with Gasteiger partial charge in [0.25, 0.3) is 5.91 Å². The standard InChI is InChI=1S/C17H16F2N2O3/c1-10(11-6-8-12(24-2)9-7-11)20-17(23)21-16(22)15-13(18)4-3-5-14(15)19/h3-10H,1-2H3,(H2,20,21,22,23). The van der Waals surface area contributed by atoms with Crippen molar-refractivity contribution >= 4 is 11.9 Å². The van der Waals surface area contributed by atoms with Gasteiger partial charge < -0.3 is 10.1 Å². The van der Waals surface area contributed by atoms with Crippen molar-refractivity contribution in [2.75, 3.05) is 7.11 Å². The van der Waals surface area contributed by atoms with Crippen molar-refractivity contribution < 1.29 is 23.1 Å². The van der Waals surface area contributed by atoms with Crippen LogP contribution in [-0.4, -0.2) is 19.0 Å². The molecule has 2 aromatic rings. The fourth-order valence-electron chi connectivity index (χ4n) is 2.09. The summed E-state index contributed by atoms with van der Waals surface area (Å²) in [6.07, 6.45) is 0. The van der Waals surface area contributed by atoms with Crippen LogP contribution in [0.25, 0.3) is 0 Å². The molecule has 7 heteroatoms. The molecule has 0 bridgehead atoms. The van der Waals surface area contributed by atoms with Crippen LogP contribution in [0, 0.1) is 11.6 Å². The summed E-state index contributed by atoms with van der Waals surface area (Å²) >= 11 is 0. The number of amides is 3. The summed E-state index contributed by atoms with van der Waals surface area (Å²) in [7, 11) is 1.54. The average molecular weight is 334 g/mol. The van der Waals surface area contributed by atoms with Crippen LogP contribution in [0.1, 0.15) is 28.9 Å². The summed E-state index contributed by atoms with van der Waals surface area (Å²) in [5.74, 6) is -2.56. The van der Waals surface area contributed by atoms with E-state index in [0.717, 1.165) is 23.8 Å². The fourth-order valence-corrected chi connectivity index (χ4v) is 2.09. The number of benzene rings is 2. The van der Waals surface area contributed by atoms with E-state index in [2.05, 4.69) is 5.32 Å². The van der Waals surface area contributed by atoms with E-state index in [0.29, 0.717) is 5.75 Å². The Bertz CT molecular complexity index is 728. The average Bonchev–Trinajstić information content (AvgIpc) is 2.54. The zero-order chi connectivity index (χ0) is 17.7. The lowest BCUT2D eigenvalue weighted by Crippen LogP contribution is -2.41. The van der Waals surface area contributed by atoms with Crippen molar-refractivity contribution in [1.82, 2.24) is 10.6 Å². The van der Waals surface area contributed by atoms with Crippen molar-refractivity contribution in [2.45, 2.75) is 13.0 Å². The first-order chi connectivity index (χ1) is 11.4. The zero-order valence-corrected chi connectivity index (χ0v) is 13.1. The van der Waals surface area contributed by atoms with Gasteiger partial charge in [-0.25, -0.2) is 13.6 Å². The van der Waals surface area contributed by atoms with Crippen molar-refractivity contribution in [2.24, 2.45) is 0 Å². The number of hydrogen-bond donors (Lipinski definition) is 2. The predicted molar refractivity (Wildman–Crippen MR) is 83.8 cm³/mol. The molecular formula is C17H16F2N2O3. The van der Waals surface area contributed by atoms with Crippen LogP contribution < -0.4 is 15.4 Å².